The lowest BCUT2D eigenvalue weighted by molar-refractivity contribution is 0.0457. The molecule has 7 heteroatoms. The highest BCUT2D eigenvalue weighted by atomic mass is 16.5. The van der Waals surface area contributed by atoms with Crippen LogP contribution in [0.2, 0.25) is 0 Å². The fourth-order valence-electron chi connectivity index (χ4n) is 5.02. The molecule has 1 amide bonds. The van der Waals surface area contributed by atoms with E-state index in [1.165, 1.54) is 42.4 Å². The van der Waals surface area contributed by atoms with Gasteiger partial charge in [0, 0.05) is 44.5 Å². The summed E-state index contributed by atoms with van der Waals surface area (Å²) in [5, 5.41) is 0. The highest BCUT2D eigenvalue weighted by molar-refractivity contribution is 5.98. The summed E-state index contributed by atoms with van der Waals surface area (Å²) >= 11 is 0. The monoisotopic (exact) mass is 515 g/mol. The zero-order valence-corrected chi connectivity index (χ0v) is 22.7. The number of ether oxygens (including phenoxy) is 1. The lowest BCUT2D eigenvalue weighted by Crippen LogP contribution is -2.43. The third kappa shape index (κ3) is 8.12. The molecule has 5 rings (SSSR count). The van der Waals surface area contributed by atoms with Crippen molar-refractivity contribution < 1.29 is 9.53 Å². The molecule has 38 heavy (non-hydrogen) atoms. The maximum absolute atomic E-state index is 11.5. The van der Waals surface area contributed by atoms with E-state index in [4.69, 9.17) is 16.2 Å². The fraction of sp³-hybridized carbons (Fsp3) is 0.419. The van der Waals surface area contributed by atoms with Gasteiger partial charge in [0.2, 0.25) is 0 Å². The van der Waals surface area contributed by atoms with Crippen LogP contribution in [0.4, 0.5) is 5.82 Å². The quantitative estimate of drug-likeness (QED) is 0.476. The Morgan fingerprint density at radius 3 is 2.39 bits per heavy atom. The average molecular weight is 516 g/mol. The van der Waals surface area contributed by atoms with Gasteiger partial charge < -0.3 is 21.1 Å². The third-order valence-electron chi connectivity index (χ3n) is 7.32. The van der Waals surface area contributed by atoms with Crippen molar-refractivity contribution >= 4 is 11.7 Å². The molecular weight excluding hydrogens is 474 g/mol. The molecule has 0 spiro atoms. The van der Waals surface area contributed by atoms with Gasteiger partial charge in [0.1, 0.15) is 5.82 Å². The Balaban J connectivity index is 0.000000204. The minimum absolute atomic E-state index is 0.167. The van der Waals surface area contributed by atoms with Gasteiger partial charge in [0.05, 0.1) is 18.3 Å². The number of rotatable bonds is 7. The number of aryl methyl sites for hydroxylation is 1. The second-order valence-corrected chi connectivity index (χ2v) is 10.5. The summed E-state index contributed by atoms with van der Waals surface area (Å²) in [5.74, 6) is -0.393. The van der Waals surface area contributed by atoms with Crippen molar-refractivity contribution in [3.63, 3.8) is 0 Å². The number of pyridine rings is 1. The summed E-state index contributed by atoms with van der Waals surface area (Å²) in [7, 11) is 2.16. The molecule has 2 aliphatic rings. The molecule has 3 aromatic rings. The molecule has 1 saturated heterocycles. The molecule has 0 atom stereocenters. The molecule has 2 fully saturated rings. The van der Waals surface area contributed by atoms with Crippen LogP contribution >= 0.6 is 0 Å². The summed E-state index contributed by atoms with van der Waals surface area (Å²) in [5.41, 5.74) is 17.0. The molecule has 202 valence electrons. The number of benzene rings is 2. The number of carbonyl (C=O) groups is 1. The Bertz CT molecular complexity index is 1200. The highest BCUT2D eigenvalue weighted by Crippen LogP contribution is 2.24. The second-order valence-electron chi connectivity index (χ2n) is 10.5. The Morgan fingerprint density at radius 2 is 1.68 bits per heavy atom. The van der Waals surface area contributed by atoms with E-state index in [0.717, 1.165) is 50.5 Å². The lowest BCUT2D eigenvalue weighted by atomic mass is 10.0. The van der Waals surface area contributed by atoms with Crippen LogP contribution in [0.15, 0.2) is 60.8 Å². The SMILES string of the molecule is CN1CCN(Cc2cccc(-c3cnc(N)c(C(N)=O)c3)c2)CC1.Cc1cccc(COC2CCCC2)c1. The largest absolute Gasteiger partial charge is 0.383 e. The van der Waals surface area contributed by atoms with Crippen molar-refractivity contribution in [2.45, 2.75) is 51.9 Å². The van der Waals surface area contributed by atoms with Gasteiger partial charge in [-0.05, 0) is 55.6 Å². The van der Waals surface area contributed by atoms with Crippen LogP contribution in [0.1, 0.15) is 52.7 Å². The Hall–Kier alpha value is -3.26. The van der Waals surface area contributed by atoms with E-state index < -0.39 is 5.91 Å². The summed E-state index contributed by atoms with van der Waals surface area (Å²) < 4.78 is 5.84. The molecule has 1 aromatic heterocycles. The lowest BCUT2D eigenvalue weighted by Gasteiger charge is -2.32. The van der Waals surface area contributed by atoms with Crippen LogP contribution in [-0.2, 0) is 17.9 Å². The van der Waals surface area contributed by atoms with Gasteiger partial charge in [-0.25, -0.2) is 4.98 Å². The van der Waals surface area contributed by atoms with Crippen molar-refractivity contribution in [1.29, 1.82) is 0 Å². The van der Waals surface area contributed by atoms with Crippen LogP contribution in [0.3, 0.4) is 0 Å². The number of nitrogens with zero attached hydrogens (tertiary/aromatic N) is 3. The van der Waals surface area contributed by atoms with Crippen LogP contribution in [-0.4, -0.2) is 60.0 Å². The van der Waals surface area contributed by atoms with Gasteiger partial charge in [-0.2, -0.15) is 0 Å². The molecule has 0 bridgehead atoms. The smallest absolute Gasteiger partial charge is 0.252 e. The number of piperazine rings is 1. The molecule has 0 unspecified atom stereocenters. The van der Waals surface area contributed by atoms with E-state index in [2.05, 4.69) is 65.2 Å². The van der Waals surface area contributed by atoms with E-state index in [1.54, 1.807) is 12.3 Å². The van der Waals surface area contributed by atoms with Gasteiger partial charge in [-0.1, -0.05) is 60.9 Å². The van der Waals surface area contributed by atoms with E-state index >= 15 is 0 Å². The van der Waals surface area contributed by atoms with Crippen molar-refractivity contribution in [2.75, 3.05) is 39.0 Å². The second kappa shape index (κ2) is 13.5. The standard InChI is InChI=1S/C18H23N5O.C13H18O/c1-22-5-7-23(8-6-22)12-13-3-2-4-14(9-13)15-10-16(18(20)24)17(19)21-11-15;1-11-5-4-6-12(9-11)10-14-13-7-2-3-8-13/h2-4,9-11H,5-8,12H2,1H3,(H2,19,21)(H2,20,24);4-6,9,13H,2-3,7-8,10H2,1H3. The normalized spacial score (nSPS) is 16.7. The number of likely N-dealkylation sites (N-methyl/N-ethyl adjacent to an activating group) is 1. The van der Waals surface area contributed by atoms with E-state index in [0.29, 0.717) is 6.10 Å². The minimum atomic E-state index is -0.560. The van der Waals surface area contributed by atoms with Crippen LogP contribution in [0.25, 0.3) is 11.1 Å². The topological polar surface area (TPSA) is 97.7 Å². The highest BCUT2D eigenvalue weighted by Gasteiger charge is 2.16. The van der Waals surface area contributed by atoms with Crippen LogP contribution in [0, 0.1) is 6.92 Å². The summed E-state index contributed by atoms with van der Waals surface area (Å²) in [6.45, 7) is 8.19. The maximum atomic E-state index is 11.5. The maximum Gasteiger partial charge on any atom is 0.252 e. The minimum Gasteiger partial charge on any atom is -0.383 e. The summed E-state index contributed by atoms with van der Waals surface area (Å²) in [6.07, 6.45) is 7.40. The Kier molecular flexibility index (Phi) is 9.87. The molecular formula is C31H41N5O2. The van der Waals surface area contributed by atoms with Gasteiger partial charge in [-0.3, -0.25) is 9.69 Å². The Morgan fingerprint density at radius 1 is 0.974 bits per heavy atom. The number of amides is 1. The molecule has 7 nitrogen and oxygen atoms in total. The zero-order valence-electron chi connectivity index (χ0n) is 22.7. The molecule has 4 N–H and O–H groups in total. The fourth-order valence-corrected chi connectivity index (χ4v) is 5.02. The molecule has 0 radical (unpaired) electrons. The number of primary amides is 1. The molecule has 2 heterocycles. The first-order valence-corrected chi connectivity index (χ1v) is 13.6. The first kappa shape index (κ1) is 27.8. The number of anilines is 1. The van der Waals surface area contributed by atoms with Crippen molar-refractivity contribution in [3.05, 3.63) is 83.0 Å². The number of hydrogen-bond donors (Lipinski definition) is 2. The molecule has 2 aromatic carbocycles. The first-order chi connectivity index (χ1) is 18.4. The van der Waals surface area contributed by atoms with Crippen molar-refractivity contribution in [3.8, 4) is 11.1 Å². The van der Waals surface area contributed by atoms with E-state index in [9.17, 15) is 4.79 Å². The van der Waals surface area contributed by atoms with E-state index in [-0.39, 0.29) is 11.4 Å². The van der Waals surface area contributed by atoms with Crippen LogP contribution < -0.4 is 11.5 Å². The van der Waals surface area contributed by atoms with Crippen molar-refractivity contribution in [2.24, 2.45) is 5.73 Å². The predicted octanol–water partition coefficient (Wildman–Crippen LogP) is 4.63. The Labute approximate surface area is 226 Å². The first-order valence-electron chi connectivity index (χ1n) is 13.6. The van der Waals surface area contributed by atoms with Gasteiger partial charge in [0.25, 0.3) is 5.91 Å². The number of carbonyl (C=O) groups excluding carboxylic acids is 1. The summed E-state index contributed by atoms with van der Waals surface area (Å²) in [4.78, 5) is 20.3. The van der Waals surface area contributed by atoms with Gasteiger partial charge in [0.15, 0.2) is 0 Å². The average Bonchev–Trinajstić information content (AvgIpc) is 3.43. The third-order valence-corrected chi connectivity index (χ3v) is 7.32. The number of nitrogens with two attached hydrogens (primary N) is 2. The predicted molar refractivity (Wildman–Crippen MR) is 154 cm³/mol. The van der Waals surface area contributed by atoms with E-state index in [1.807, 2.05) is 12.1 Å². The molecule has 1 saturated carbocycles. The molecule has 1 aliphatic carbocycles. The number of aromatic nitrogens is 1. The number of nitrogen functional groups attached to an aromatic ring is 1. The van der Waals surface area contributed by atoms with Crippen LogP contribution in [0.5, 0.6) is 0 Å². The summed E-state index contributed by atoms with van der Waals surface area (Å²) in [6, 6.07) is 18.6. The number of hydrogen-bond acceptors (Lipinski definition) is 6. The molecule has 1 aliphatic heterocycles. The van der Waals surface area contributed by atoms with Crippen molar-refractivity contribution in [1.82, 2.24) is 14.8 Å². The van der Waals surface area contributed by atoms with Gasteiger partial charge >= 0.3 is 0 Å². The van der Waals surface area contributed by atoms with Gasteiger partial charge in [-0.15, -0.1) is 0 Å². The zero-order chi connectivity index (χ0) is 26.9.